The van der Waals surface area contributed by atoms with Gasteiger partial charge in [0.05, 0.1) is 15.5 Å². The molecule has 1 aliphatic heterocycles. The Hall–Kier alpha value is -2.86. The van der Waals surface area contributed by atoms with Gasteiger partial charge >= 0.3 is 0 Å². The minimum Gasteiger partial charge on any atom is -0.399 e. The normalized spacial score (nSPS) is 14.4. The van der Waals surface area contributed by atoms with E-state index in [9.17, 15) is 8.42 Å². The number of benzene rings is 2. The van der Waals surface area contributed by atoms with Crippen LogP contribution in [0.3, 0.4) is 0 Å². The smallest absolute Gasteiger partial charge is 0.206 e. The second-order valence-corrected chi connectivity index (χ2v) is 9.13. The topological polar surface area (TPSA) is 76.3 Å². The fourth-order valence-corrected chi connectivity index (χ4v) is 4.70. The summed E-state index contributed by atoms with van der Waals surface area (Å²) in [5.41, 5.74) is 8.97. The van der Waals surface area contributed by atoms with Crippen molar-refractivity contribution in [2.75, 3.05) is 23.7 Å². The molecule has 1 fully saturated rings. The van der Waals surface area contributed by atoms with Gasteiger partial charge < -0.3 is 10.6 Å². The van der Waals surface area contributed by atoms with Gasteiger partial charge in [-0.15, -0.1) is 0 Å². The van der Waals surface area contributed by atoms with Crippen LogP contribution in [-0.2, 0) is 9.84 Å². The van der Waals surface area contributed by atoms with Gasteiger partial charge in [0.15, 0.2) is 0 Å². The molecule has 0 amide bonds. The number of hydrogen-bond donors (Lipinski definition) is 1. The van der Waals surface area contributed by atoms with Gasteiger partial charge in [0.25, 0.3) is 0 Å². The quantitative estimate of drug-likeness (QED) is 0.676. The molecule has 0 radical (unpaired) electrons. The average Bonchev–Trinajstić information content (AvgIpc) is 3.23. The average molecular weight is 394 g/mol. The van der Waals surface area contributed by atoms with Gasteiger partial charge in [0.1, 0.15) is 5.82 Å². The first-order valence-electron chi connectivity index (χ1n) is 9.38. The van der Waals surface area contributed by atoms with Crippen molar-refractivity contribution in [3.63, 3.8) is 0 Å². The van der Waals surface area contributed by atoms with Crippen LogP contribution in [-0.4, -0.2) is 26.5 Å². The highest BCUT2D eigenvalue weighted by atomic mass is 32.2. The molecule has 0 unspecified atom stereocenters. The van der Waals surface area contributed by atoms with Crippen molar-refractivity contribution >= 4 is 21.3 Å². The first kappa shape index (κ1) is 18.5. The van der Waals surface area contributed by atoms with Crippen molar-refractivity contribution in [2.24, 2.45) is 0 Å². The van der Waals surface area contributed by atoms with Gasteiger partial charge in [0, 0.05) is 24.3 Å². The number of aromatic nitrogens is 1. The van der Waals surface area contributed by atoms with Crippen LogP contribution in [0.5, 0.6) is 0 Å². The maximum absolute atomic E-state index is 13.3. The molecule has 1 saturated heterocycles. The van der Waals surface area contributed by atoms with Crippen molar-refractivity contribution in [2.45, 2.75) is 29.6 Å². The zero-order valence-corrected chi connectivity index (χ0v) is 16.6. The minimum absolute atomic E-state index is 0.232. The van der Waals surface area contributed by atoms with Gasteiger partial charge in [-0.25, -0.2) is 13.4 Å². The fourth-order valence-electron chi connectivity index (χ4n) is 3.41. The number of anilines is 2. The molecule has 6 heteroatoms. The van der Waals surface area contributed by atoms with Gasteiger partial charge in [-0.1, -0.05) is 29.8 Å². The van der Waals surface area contributed by atoms with E-state index in [0.29, 0.717) is 17.2 Å². The number of rotatable bonds is 4. The Morgan fingerprint density at radius 1 is 0.893 bits per heavy atom. The molecule has 4 rings (SSSR count). The van der Waals surface area contributed by atoms with E-state index in [1.54, 1.807) is 36.4 Å². The Morgan fingerprint density at radius 3 is 2.18 bits per heavy atom. The zero-order valence-electron chi connectivity index (χ0n) is 15.8. The van der Waals surface area contributed by atoms with Crippen molar-refractivity contribution in [3.05, 3.63) is 66.2 Å². The van der Waals surface area contributed by atoms with E-state index < -0.39 is 9.84 Å². The summed E-state index contributed by atoms with van der Waals surface area (Å²) in [6, 6.07) is 17.6. The van der Waals surface area contributed by atoms with E-state index in [1.807, 2.05) is 31.2 Å². The highest BCUT2D eigenvalue weighted by Crippen LogP contribution is 2.30. The molecule has 0 atom stereocenters. The highest BCUT2D eigenvalue weighted by Gasteiger charge is 2.23. The standard InChI is InChI=1S/C22H23N3O2S/c1-16-4-6-17(7-5-16)21-14-20(15-22(24-21)25-12-2-3-13-25)28(26,27)19-10-8-18(23)9-11-19/h4-11,14-15H,2-3,12-13,23H2,1H3. The molecule has 1 aliphatic rings. The number of nitrogen functional groups attached to an aromatic ring is 1. The Balaban J connectivity index is 1.85. The van der Waals surface area contributed by atoms with Crippen LogP contribution in [0.2, 0.25) is 0 Å². The van der Waals surface area contributed by atoms with E-state index in [4.69, 9.17) is 10.7 Å². The summed E-state index contributed by atoms with van der Waals surface area (Å²) in [5, 5.41) is 0. The molecule has 2 aromatic carbocycles. The monoisotopic (exact) mass is 393 g/mol. The van der Waals surface area contributed by atoms with Crippen LogP contribution in [0.15, 0.2) is 70.5 Å². The lowest BCUT2D eigenvalue weighted by Gasteiger charge is -2.19. The molecule has 0 aliphatic carbocycles. The van der Waals surface area contributed by atoms with Gasteiger partial charge in [-0.2, -0.15) is 0 Å². The zero-order chi connectivity index (χ0) is 19.7. The van der Waals surface area contributed by atoms with Gasteiger partial charge in [0.2, 0.25) is 9.84 Å². The van der Waals surface area contributed by atoms with Crippen LogP contribution in [0, 0.1) is 6.92 Å². The predicted octanol–water partition coefficient (Wildman–Crippen LogP) is 4.07. The van der Waals surface area contributed by atoms with Crippen molar-refractivity contribution in [1.82, 2.24) is 4.98 Å². The molecule has 0 saturated carbocycles. The molecule has 5 nitrogen and oxygen atoms in total. The molecular formula is C22H23N3O2S. The van der Waals surface area contributed by atoms with Crippen LogP contribution in [0.25, 0.3) is 11.3 Å². The van der Waals surface area contributed by atoms with E-state index in [1.165, 1.54) is 0 Å². The number of nitrogens with two attached hydrogens (primary N) is 1. The third-order valence-electron chi connectivity index (χ3n) is 5.06. The Bertz CT molecular complexity index is 1090. The SMILES string of the molecule is Cc1ccc(-c2cc(S(=O)(=O)c3ccc(N)cc3)cc(N3CCCC3)n2)cc1. The summed E-state index contributed by atoms with van der Waals surface area (Å²) in [4.78, 5) is 7.42. The predicted molar refractivity (Wildman–Crippen MR) is 112 cm³/mol. The van der Waals surface area contributed by atoms with Crippen molar-refractivity contribution < 1.29 is 8.42 Å². The van der Waals surface area contributed by atoms with Gasteiger partial charge in [-0.3, -0.25) is 0 Å². The van der Waals surface area contributed by atoms with E-state index >= 15 is 0 Å². The number of pyridine rings is 1. The summed E-state index contributed by atoms with van der Waals surface area (Å²) in [6.07, 6.45) is 2.19. The third-order valence-corrected chi connectivity index (χ3v) is 6.81. The molecule has 2 heterocycles. The number of aryl methyl sites for hydroxylation is 1. The Morgan fingerprint density at radius 2 is 1.54 bits per heavy atom. The first-order valence-corrected chi connectivity index (χ1v) is 10.9. The number of nitrogens with zero attached hydrogens (tertiary/aromatic N) is 2. The summed E-state index contributed by atoms with van der Waals surface area (Å²) in [5.74, 6) is 0.713. The molecule has 0 bridgehead atoms. The lowest BCUT2D eigenvalue weighted by Crippen LogP contribution is -2.19. The largest absolute Gasteiger partial charge is 0.399 e. The maximum Gasteiger partial charge on any atom is 0.206 e. The Labute approximate surface area is 165 Å². The molecule has 28 heavy (non-hydrogen) atoms. The second kappa shape index (κ2) is 7.28. The maximum atomic E-state index is 13.3. The molecular weight excluding hydrogens is 370 g/mol. The number of sulfone groups is 1. The molecule has 0 spiro atoms. The van der Waals surface area contributed by atoms with Crippen molar-refractivity contribution in [3.8, 4) is 11.3 Å². The minimum atomic E-state index is -3.67. The second-order valence-electron chi connectivity index (χ2n) is 7.18. The third kappa shape index (κ3) is 3.60. The molecule has 2 N–H and O–H groups in total. The highest BCUT2D eigenvalue weighted by molar-refractivity contribution is 7.91. The molecule has 144 valence electrons. The van der Waals surface area contributed by atoms with Crippen LogP contribution < -0.4 is 10.6 Å². The van der Waals surface area contributed by atoms with E-state index in [0.717, 1.165) is 37.1 Å². The lowest BCUT2D eigenvalue weighted by molar-refractivity contribution is 0.596. The Kier molecular flexibility index (Phi) is 4.81. The first-order chi connectivity index (χ1) is 13.4. The van der Waals surface area contributed by atoms with E-state index in [-0.39, 0.29) is 9.79 Å². The van der Waals surface area contributed by atoms with Crippen molar-refractivity contribution in [1.29, 1.82) is 0 Å². The van der Waals surface area contributed by atoms with Crippen LogP contribution in [0.1, 0.15) is 18.4 Å². The van der Waals surface area contributed by atoms with Crippen LogP contribution in [0.4, 0.5) is 11.5 Å². The van der Waals surface area contributed by atoms with Crippen LogP contribution >= 0.6 is 0 Å². The summed E-state index contributed by atoms with van der Waals surface area (Å²) >= 11 is 0. The number of hydrogen-bond acceptors (Lipinski definition) is 5. The van der Waals surface area contributed by atoms with E-state index in [2.05, 4.69) is 4.90 Å². The summed E-state index contributed by atoms with van der Waals surface area (Å²) < 4.78 is 26.5. The molecule has 3 aromatic rings. The summed E-state index contributed by atoms with van der Waals surface area (Å²) in [7, 11) is -3.67. The lowest BCUT2D eigenvalue weighted by atomic mass is 10.1. The fraction of sp³-hybridized carbons (Fsp3) is 0.227. The van der Waals surface area contributed by atoms with Gasteiger partial charge in [-0.05, 0) is 56.2 Å². The molecule has 1 aromatic heterocycles. The summed E-state index contributed by atoms with van der Waals surface area (Å²) in [6.45, 7) is 3.81.